The van der Waals surface area contributed by atoms with Crippen molar-refractivity contribution in [2.45, 2.75) is 6.92 Å². The summed E-state index contributed by atoms with van der Waals surface area (Å²) in [6.07, 6.45) is 1.51. The van der Waals surface area contributed by atoms with E-state index < -0.39 is 0 Å². The quantitative estimate of drug-likeness (QED) is 0.740. The van der Waals surface area contributed by atoms with E-state index in [2.05, 4.69) is 15.4 Å². The number of pyridine rings is 1. The highest BCUT2D eigenvalue weighted by Gasteiger charge is 2.02. The Morgan fingerprint density at radius 1 is 1.50 bits per heavy atom. The van der Waals surface area contributed by atoms with Gasteiger partial charge >= 0.3 is 0 Å². The van der Waals surface area contributed by atoms with Crippen LogP contribution in [0.2, 0.25) is 0 Å². The second kappa shape index (κ2) is 3.63. The molecule has 0 amide bonds. The largest absolute Gasteiger partial charge is 0.395 e. The van der Waals surface area contributed by atoms with Gasteiger partial charge in [-0.1, -0.05) is 0 Å². The van der Waals surface area contributed by atoms with Gasteiger partial charge in [0.15, 0.2) is 5.65 Å². The number of aliphatic hydroxyl groups excluding tert-OH is 1. The van der Waals surface area contributed by atoms with Gasteiger partial charge in [0, 0.05) is 6.54 Å². The molecular weight excluding hydrogens is 180 g/mol. The topological polar surface area (TPSA) is 62.5 Å². The Balaban J connectivity index is 2.44. The number of fused-ring (bicyclic) bond motifs is 1. The summed E-state index contributed by atoms with van der Waals surface area (Å²) in [4.78, 5) is 4.10. The Bertz CT molecular complexity index is 437. The molecule has 5 heteroatoms. The zero-order chi connectivity index (χ0) is 9.97. The third kappa shape index (κ3) is 1.54. The molecule has 0 fully saturated rings. The van der Waals surface area contributed by atoms with Crippen molar-refractivity contribution in [3.8, 4) is 0 Å². The van der Waals surface area contributed by atoms with E-state index in [-0.39, 0.29) is 6.61 Å². The highest BCUT2D eigenvalue weighted by atomic mass is 16.3. The van der Waals surface area contributed by atoms with E-state index in [1.807, 2.05) is 19.1 Å². The van der Waals surface area contributed by atoms with Gasteiger partial charge in [0.05, 0.1) is 6.61 Å². The van der Waals surface area contributed by atoms with Crippen molar-refractivity contribution in [2.75, 3.05) is 18.5 Å². The number of aryl methyl sites for hydroxylation is 1. The molecule has 0 atom stereocenters. The maximum absolute atomic E-state index is 8.71. The minimum absolute atomic E-state index is 0.101. The Morgan fingerprint density at radius 2 is 2.36 bits per heavy atom. The summed E-state index contributed by atoms with van der Waals surface area (Å²) in [6, 6.07) is 3.93. The van der Waals surface area contributed by atoms with Crippen molar-refractivity contribution in [3.63, 3.8) is 0 Å². The highest BCUT2D eigenvalue weighted by molar-refractivity contribution is 5.51. The first kappa shape index (κ1) is 8.96. The number of aromatic nitrogens is 3. The van der Waals surface area contributed by atoms with Crippen molar-refractivity contribution < 1.29 is 5.11 Å². The minimum atomic E-state index is 0.101. The Hall–Kier alpha value is -1.62. The van der Waals surface area contributed by atoms with E-state index in [9.17, 15) is 0 Å². The molecule has 5 nitrogen and oxygen atoms in total. The summed E-state index contributed by atoms with van der Waals surface area (Å²) in [6.45, 7) is 2.61. The molecule has 0 aliphatic heterocycles. The maximum Gasteiger partial charge on any atom is 0.157 e. The summed E-state index contributed by atoms with van der Waals surface area (Å²) in [5.41, 5.74) is 1.93. The van der Waals surface area contributed by atoms with Crippen molar-refractivity contribution in [3.05, 3.63) is 24.0 Å². The molecule has 0 saturated carbocycles. The number of anilines is 1. The van der Waals surface area contributed by atoms with Crippen LogP contribution in [0.15, 0.2) is 18.5 Å². The van der Waals surface area contributed by atoms with Crippen LogP contribution >= 0.6 is 0 Å². The van der Waals surface area contributed by atoms with Crippen LogP contribution in [0.1, 0.15) is 5.56 Å². The molecule has 0 aromatic carbocycles. The van der Waals surface area contributed by atoms with Crippen molar-refractivity contribution in [1.29, 1.82) is 0 Å². The fourth-order valence-electron chi connectivity index (χ4n) is 1.37. The van der Waals surface area contributed by atoms with E-state index in [0.717, 1.165) is 17.0 Å². The lowest BCUT2D eigenvalue weighted by Crippen LogP contribution is -2.09. The lowest BCUT2D eigenvalue weighted by Gasteiger charge is -2.07. The van der Waals surface area contributed by atoms with Crippen LogP contribution in [0.25, 0.3) is 5.65 Å². The minimum Gasteiger partial charge on any atom is -0.395 e. The normalized spacial score (nSPS) is 10.7. The van der Waals surface area contributed by atoms with Crippen LogP contribution in [-0.2, 0) is 0 Å². The van der Waals surface area contributed by atoms with E-state index >= 15 is 0 Å². The molecule has 2 aromatic rings. The van der Waals surface area contributed by atoms with Crippen LogP contribution < -0.4 is 5.32 Å². The van der Waals surface area contributed by atoms with Crippen LogP contribution in [0, 0.1) is 6.92 Å². The molecule has 0 spiro atoms. The SMILES string of the molecule is Cc1cc(NCCO)n2ncnc2c1. The summed E-state index contributed by atoms with van der Waals surface area (Å²) in [5, 5.41) is 15.9. The molecular formula is C9H12N4O. The van der Waals surface area contributed by atoms with E-state index in [1.165, 1.54) is 6.33 Å². The molecule has 0 bridgehead atoms. The number of nitrogens with one attached hydrogen (secondary N) is 1. The van der Waals surface area contributed by atoms with Gasteiger partial charge in [0.25, 0.3) is 0 Å². The predicted molar refractivity (Wildman–Crippen MR) is 53.3 cm³/mol. The van der Waals surface area contributed by atoms with Crippen LogP contribution in [0.5, 0.6) is 0 Å². The Kier molecular flexibility index (Phi) is 2.32. The summed E-state index contributed by atoms with van der Waals surface area (Å²) in [7, 11) is 0. The molecule has 74 valence electrons. The summed E-state index contributed by atoms with van der Waals surface area (Å²) < 4.78 is 1.71. The predicted octanol–water partition coefficient (Wildman–Crippen LogP) is 0.442. The van der Waals surface area contributed by atoms with Gasteiger partial charge in [0.2, 0.25) is 0 Å². The number of nitrogens with zero attached hydrogens (tertiary/aromatic N) is 3. The van der Waals surface area contributed by atoms with Crippen LogP contribution in [0.4, 0.5) is 5.82 Å². The molecule has 2 aromatic heterocycles. The highest BCUT2D eigenvalue weighted by Crippen LogP contribution is 2.12. The van der Waals surface area contributed by atoms with Crippen molar-refractivity contribution in [1.82, 2.24) is 14.6 Å². The molecule has 2 rings (SSSR count). The first-order valence-corrected chi connectivity index (χ1v) is 4.46. The second-order valence-electron chi connectivity index (χ2n) is 3.10. The molecule has 0 radical (unpaired) electrons. The number of rotatable bonds is 3. The zero-order valence-corrected chi connectivity index (χ0v) is 7.94. The van der Waals surface area contributed by atoms with E-state index in [0.29, 0.717) is 6.54 Å². The standard InChI is InChI=1S/C9H12N4O/c1-7-4-8(10-2-3-14)13-9(5-7)11-6-12-13/h4-6,10,14H,2-3H2,1H3. The first-order chi connectivity index (χ1) is 6.81. The smallest absolute Gasteiger partial charge is 0.157 e. The van der Waals surface area contributed by atoms with Crippen LogP contribution in [0.3, 0.4) is 0 Å². The van der Waals surface area contributed by atoms with Crippen LogP contribution in [-0.4, -0.2) is 32.9 Å². The number of hydrogen-bond acceptors (Lipinski definition) is 4. The second-order valence-corrected chi connectivity index (χ2v) is 3.10. The van der Waals surface area contributed by atoms with E-state index in [1.54, 1.807) is 4.52 Å². The third-order valence-electron chi connectivity index (χ3n) is 1.94. The molecule has 2 N–H and O–H groups in total. The van der Waals surface area contributed by atoms with Gasteiger partial charge in [-0.05, 0) is 24.6 Å². The lowest BCUT2D eigenvalue weighted by molar-refractivity contribution is 0.311. The molecule has 14 heavy (non-hydrogen) atoms. The maximum atomic E-state index is 8.71. The van der Waals surface area contributed by atoms with Crippen molar-refractivity contribution in [2.24, 2.45) is 0 Å². The lowest BCUT2D eigenvalue weighted by atomic mass is 10.3. The van der Waals surface area contributed by atoms with Gasteiger partial charge in [-0.2, -0.15) is 9.61 Å². The fraction of sp³-hybridized carbons (Fsp3) is 0.333. The average Bonchev–Trinajstić information content (AvgIpc) is 2.61. The average molecular weight is 192 g/mol. The summed E-state index contributed by atoms with van der Waals surface area (Å²) in [5.74, 6) is 0.853. The zero-order valence-electron chi connectivity index (χ0n) is 7.94. The van der Waals surface area contributed by atoms with Gasteiger partial charge in [-0.15, -0.1) is 0 Å². The molecule has 0 aliphatic carbocycles. The number of aliphatic hydroxyl groups is 1. The monoisotopic (exact) mass is 192 g/mol. The third-order valence-corrected chi connectivity index (χ3v) is 1.94. The molecule has 0 saturated heterocycles. The van der Waals surface area contributed by atoms with Crippen molar-refractivity contribution >= 4 is 11.5 Å². The Morgan fingerprint density at radius 3 is 3.14 bits per heavy atom. The van der Waals surface area contributed by atoms with Gasteiger partial charge in [-0.3, -0.25) is 0 Å². The van der Waals surface area contributed by atoms with E-state index in [4.69, 9.17) is 5.11 Å². The molecule has 0 unspecified atom stereocenters. The van der Waals surface area contributed by atoms with Gasteiger partial charge < -0.3 is 10.4 Å². The Labute approximate surface area is 81.4 Å². The number of hydrogen-bond donors (Lipinski definition) is 2. The van der Waals surface area contributed by atoms with Gasteiger partial charge in [-0.25, -0.2) is 4.98 Å². The molecule has 0 aliphatic rings. The molecule has 2 heterocycles. The van der Waals surface area contributed by atoms with Gasteiger partial charge in [0.1, 0.15) is 12.1 Å². The fourth-order valence-corrected chi connectivity index (χ4v) is 1.37. The summed E-state index contributed by atoms with van der Waals surface area (Å²) >= 11 is 0. The first-order valence-electron chi connectivity index (χ1n) is 4.46.